The summed E-state index contributed by atoms with van der Waals surface area (Å²) in [7, 11) is 0. The molecule has 2 amide bonds. The molecule has 2 aromatic carbocycles. The lowest BCUT2D eigenvalue weighted by molar-refractivity contribution is -0.117. The highest BCUT2D eigenvalue weighted by atomic mass is 19.1. The van der Waals surface area contributed by atoms with E-state index < -0.39 is 47.2 Å². The lowest BCUT2D eigenvalue weighted by atomic mass is 10.1. The van der Waals surface area contributed by atoms with Crippen LogP contribution in [0.2, 0.25) is 0 Å². The van der Waals surface area contributed by atoms with Gasteiger partial charge in [-0.25, -0.2) is 18.4 Å². The highest BCUT2D eigenvalue weighted by Gasteiger charge is 2.28. The molecule has 0 bridgehead atoms. The van der Waals surface area contributed by atoms with Crippen LogP contribution < -0.4 is 21.5 Å². The van der Waals surface area contributed by atoms with Gasteiger partial charge in [0.15, 0.2) is 0 Å². The van der Waals surface area contributed by atoms with Crippen molar-refractivity contribution >= 4 is 17.7 Å². The molecular formula is C28H30F2N4O5. The molecule has 0 radical (unpaired) electrons. The molecule has 0 unspecified atom stereocenters. The Labute approximate surface area is 223 Å². The Morgan fingerprint density at radius 1 is 1.03 bits per heavy atom. The Morgan fingerprint density at radius 3 is 2.28 bits per heavy atom. The van der Waals surface area contributed by atoms with Crippen molar-refractivity contribution in [2.24, 2.45) is 0 Å². The first-order valence-corrected chi connectivity index (χ1v) is 12.6. The van der Waals surface area contributed by atoms with Gasteiger partial charge in [0.2, 0.25) is 5.91 Å². The molecule has 1 aliphatic heterocycles. The van der Waals surface area contributed by atoms with Gasteiger partial charge in [0.1, 0.15) is 22.9 Å². The standard InChI is InChI=1S/C28H30F2N4O5/c1-28(2,3)39-26(37)31-22(18-9-5-4-6-10-18)16-34-25(36)23(33-14-8-13-24(33)35)17-32(27(34)38)15-19-20(29)11-7-12-21(19)30/h4-7,9-12,17,22H,8,13-16H2,1-3H3,(H,31,37)/t22-/m0/s1. The van der Waals surface area contributed by atoms with E-state index in [4.69, 9.17) is 4.74 Å². The van der Waals surface area contributed by atoms with Gasteiger partial charge in [-0.3, -0.25) is 18.7 Å². The van der Waals surface area contributed by atoms with Crippen molar-refractivity contribution in [3.63, 3.8) is 0 Å². The Balaban J connectivity index is 1.82. The molecule has 1 atom stereocenters. The number of benzene rings is 2. The number of hydrogen-bond acceptors (Lipinski definition) is 5. The topological polar surface area (TPSA) is 103 Å². The molecule has 1 aromatic heterocycles. The molecule has 206 valence electrons. The third kappa shape index (κ3) is 6.42. The number of anilines is 1. The molecule has 9 nitrogen and oxygen atoms in total. The first-order chi connectivity index (χ1) is 18.4. The lowest BCUT2D eigenvalue weighted by Crippen LogP contribution is -2.46. The summed E-state index contributed by atoms with van der Waals surface area (Å²) in [5.41, 5.74) is -2.27. The molecular weight excluding hydrogens is 510 g/mol. The molecule has 3 aromatic rings. The number of alkyl carbamates (subject to hydrolysis) is 1. The number of carbonyl (C=O) groups excluding carboxylic acids is 2. The van der Waals surface area contributed by atoms with E-state index in [1.807, 2.05) is 0 Å². The summed E-state index contributed by atoms with van der Waals surface area (Å²) in [6, 6.07) is 11.1. The van der Waals surface area contributed by atoms with Gasteiger partial charge in [0, 0.05) is 24.7 Å². The Morgan fingerprint density at radius 2 is 1.69 bits per heavy atom. The average molecular weight is 541 g/mol. The smallest absolute Gasteiger partial charge is 0.408 e. The second kappa shape index (κ2) is 11.2. The minimum absolute atomic E-state index is 0.0853. The average Bonchev–Trinajstić information content (AvgIpc) is 3.29. The van der Waals surface area contributed by atoms with Crippen LogP contribution in [-0.2, 0) is 22.6 Å². The molecule has 2 heterocycles. The van der Waals surface area contributed by atoms with E-state index in [0.717, 1.165) is 27.5 Å². The zero-order valence-corrected chi connectivity index (χ0v) is 21.9. The van der Waals surface area contributed by atoms with Crippen molar-refractivity contribution in [1.82, 2.24) is 14.5 Å². The SMILES string of the molecule is CC(C)(C)OC(=O)N[C@@H](Cn1c(=O)c(N2CCCC2=O)cn(Cc2c(F)cccc2F)c1=O)c1ccccc1. The summed E-state index contributed by atoms with van der Waals surface area (Å²) in [5, 5.41) is 2.71. The highest BCUT2D eigenvalue weighted by Crippen LogP contribution is 2.20. The number of halogens is 2. The third-order valence-electron chi connectivity index (χ3n) is 6.23. The lowest BCUT2D eigenvalue weighted by Gasteiger charge is -2.25. The second-order valence-corrected chi connectivity index (χ2v) is 10.3. The van der Waals surface area contributed by atoms with Crippen molar-refractivity contribution < 1.29 is 23.1 Å². The van der Waals surface area contributed by atoms with Crippen molar-refractivity contribution in [2.75, 3.05) is 11.4 Å². The summed E-state index contributed by atoms with van der Waals surface area (Å²) in [6.45, 7) is 4.53. The maximum absolute atomic E-state index is 14.5. The van der Waals surface area contributed by atoms with Gasteiger partial charge in [-0.1, -0.05) is 36.4 Å². The van der Waals surface area contributed by atoms with Gasteiger partial charge < -0.3 is 15.0 Å². The Kier molecular flexibility index (Phi) is 7.98. The molecule has 1 N–H and O–H groups in total. The fraction of sp³-hybridized carbons (Fsp3) is 0.357. The minimum Gasteiger partial charge on any atom is -0.444 e. The van der Waals surface area contributed by atoms with Gasteiger partial charge >= 0.3 is 11.8 Å². The van der Waals surface area contributed by atoms with E-state index in [0.29, 0.717) is 12.0 Å². The van der Waals surface area contributed by atoms with Crippen LogP contribution in [0.5, 0.6) is 0 Å². The van der Waals surface area contributed by atoms with Crippen LogP contribution >= 0.6 is 0 Å². The summed E-state index contributed by atoms with van der Waals surface area (Å²) in [4.78, 5) is 53.6. The van der Waals surface area contributed by atoms with E-state index in [-0.39, 0.29) is 36.7 Å². The largest absolute Gasteiger partial charge is 0.444 e. The third-order valence-corrected chi connectivity index (χ3v) is 6.23. The van der Waals surface area contributed by atoms with E-state index in [1.54, 1.807) is 51.1 Å². The molecule has 0 saturated carbocycles. The normalized spacial score (nSPS) is 14.4. The van der Waals surface area contributed by atoms with Crippen molar-refractivity contribution in [1.29, 1.82) is 0 Å². The summed E-state index contributed by atoms with van der Waals surface area (Å²) >= 11 is 0. The second-order valence-electron chi connectivity index (χ2n) is 10.3. The number of carbonyl (C=O) groups is 2. The quantitative estimate of drug-likeness (QED) is 0.492. The molecule has 1 saturated heterocycles. The van der Waals surface area contributed by atoms with Crippen LogP contribution in [0.1, 0.15) is 50.8 Å². The summed E-state index contributed by atoms with van der Waals surface area (Å²) < 4.78 is 36.2. The molecule has 1 fully saturated rings. The highest BCUT2D eigenvalue weighted by molar-refractivity contribution is 5.94. The summed E-state index contributed by atoms with van der Waals surface area (Å²) in [6.07, 6.45) is 1.15. The van der Waals surface area contributed by atoms with Gasteiger partial charge in [-0.15, -0.1) is 0 Å². The first kappa shape index (κ1) is 27.7. The van der Waals surface area contributed by atoms with Gasteiger partial charge in [0.25, 0.3) is 5.56 Å². The number of amides is 2. The molecule has 0 spiro atoms. The number of nitrogens with one attached hydrogen (secondary N) is 1. The maximum Gasteiger partial charge on any atom is 0.408 e. The van der Waals surface area contributed by atoms with Gasteiger partial charge in [-0.2, -0.15) is 0 Å². The Hall–Kier alpha value is -4.28. The predicted octanol–water partition coefficient (Wildman–Crippen LogP) is 3.73. The fourth-order valence-corrected chi connectivity index (χ4v) is 4.41. The first-order valence-electron chi connectivity index (χ1n) is 12.6. The van der Waals surface area contributed by atoms with Crippen LogP contribution in [0.3, 0.4) is 0 Å². The molecule has 4 rings (SSSR count). The summed E-state index contributed by atoms with van der Waals surface area (Å²) in [5.74, 6) is -2.01. The van der Waals surface area contributed by atoms with Crippen molar-refractivity contribution in [2.45, 2.75) is 58.3 Å². The van der Waals surface area contributed by atoms with Crippen LogP contribution in [0.25, 0.3) is 0 Å². The van der Waals surface area contributed by atoms with Crippen LogP contribution in [0.15, 0.2) is 64.3 Å². The van der Waals surface area contributed by atoms with Gasteiger partial charge in [-0.05, 0) is 44.9 Å². The van der Waals surface area contributed by atoms with E-state index in [1.165, 1.54) is 11.0 Å². The number of rotatable bonds is 7. The number of hydrogen-bond donors (Lipinski definition) is 1. The van der Waals surface area contributed by atoms with Crippen LogP contribution in [0, 0.1) is 11.6 Å². The van der Waals surface area contributed by atoms with Crippen molar-refractivity contribution in [3.05, 3.63) is 98.3 Å². The fourth-order valence-electron chi connectivity index (χ4n) is 4.41. The monoisotopic (exact) mass is 540 g/mol. The van der Waals surface area contributed by atoms with E-state index in [9.17, 15) is 28.0 Å². The zero-order chi connectivity index (χ0) is 28.3. The van der Waals surface area contributed by atoms with Crippen LogP contribution in [-0.4, -0.2) is 33.3 Å². The molecule has 1 aliphatic rings. The maximum atomic E-state index is 14.5. The van der Waals surface area contributed by atoms with Crippen LogP contribution in [0.4, 0.5) is 19.3 Å². The van der Waals surface area contributed by atoms with E-state index >= 15 is 0 Å². The minimum atomic E-state index is -0.880. The van der Waals surface area contributed by atoms with Gasteiger partial charge in [0.05, 0.1) is 19.1 Å². The predicted molar refractivity (Wildman–Crippen MR) is 141 cm³/mol. The molecule has 11 heteroatoms. The number of ether oxygens (including phenoxy) is 1. The van der Waals surface area contributed by atoms with E-state index in [2.05, 4.69) is 5.32 Å². The zero-order valence-electron chi connectivity index (χ0n) is 21.9. The molecule has 0 aliphatic carbocycles. The number of aromatic nitrogens is 2. The molecule has 39 heavy (non-hydrogen) atoms. The van der Waals surface area contributed by atoms with Crippen molar-refractivity contribution in [3.8, 4) is 0 Å². The number of nitrogens with zero attached hydrogens (tertiary/aromatic N) is 3. The Bertz CT molecular complexity index is 1470.